The molecule has 2 fully saturated rings. The largest absolute Gasteiger partial charge is 0.363 e. The Morgan fingerprint density at radius 3 is 2.38 bits per heavy atom. The van der Waals surface area contributed by atoms with Crippen molar-refractivity contribution in [3.8, 4) is 0 Å². The molecule has 1 heterocycles. The molecule has 0 radical (unpaired) electrons. The first-order valence-corrected chi connectivity index (χ1v) is 8.85. The molecule has 3 rings (SSSR count). The molecule has 21 heavy (non-hydrogen) atoms. The Morgan fingerprint density at radius 1 is 1.10 bits per heavy atom. The number of nitrogens with zero attached hydrogens (tertiary/aromatic N) is 1. The van der Waals surface area contributed by atoms with Crippen molar-refractivity contribution in [2.24, 2.45) is 5.41 Å². The number of aryl methyl sites for hydroxylation is 1. The van der Waals surface area contributed by atoms with Crippen LogP contribution in [0.4, 0.5) is 5.69 Å². The summed E-state index contributed by atoms with van der Waals surface area (Å²) in [5.74, 6) is 0. The third-order valence-corrected chi connectivity index (χ3v) is 6.07. The van der Waals surface area contributed by atoms with Crippen LogP contribution in [0.5, 0.6) is 0 Å². The Bertz CT molecular complexity index is 496. The number of anilines is 1. The van der Waals surface area contributed by atoms with Gasteiger partial charge in [-0.1, -0.05) is 44.4 Å². The van der Waals surface area contributed by atoms with Crippen LogP contribution in [-0.2, 0) is 0 Å². The maximum absolute atomic E-state index is 2.79. The Labute approximate surface area is 130 Å². The van der Waals surface area contributed by atoms with Crippen LogP contribution in [0.15, 0.2) is 24.3 Å². The average Bonchev–Trinajstić information content (AvgIpc) is 2.66. The van der Waals surface area contributed by atoms with Gasteiger partial charge in [-0.15, -0.1) is 0 Å². The molecule has 1 aliphatic heterocycles. The van der Waals surface area contributed by atoms with Crippen molar-refractivity contribution in [2.45, 2.75) is 84.2 Å². The first kappa shape index (κ1) is 14.9. The van der Waals surface area contributed by atoms with Crippen LogP contribution in [0, 0.1) is 12.3 Å². The standard InChI is InChI=1S/C20H31N/c1-5-18-20(13-9-6-10-14-20)15-19(3,4)21(18)17-12-8-7-11-16(17)2/h7-8,11-12,18H,5-6,9-10,13-15H2,1-4H3. The summed E-state index contributed by atoms with van der Waals surface area (Å²) in [6.45, 7) is 9.59. The second kappa shape index (κ2) is 5.34. The first-order valence-electron chi connectivity index (χ1n) is 8.85. The van der Waals surface area contributed by atoms with Crippen LogP contribution in [-0.4, -0.2) is 11.6 Å². The van der Waals surface area contributed by atoms with Gasteiger partial charge in [0.25, 0.3) is 0 Å². The van der Waals surface area contributed by atoms with Crippen molar-refractivity contribution in [1.82, 2.24) is 0 Å². The summed E-state index contributed by atoms with van der Waals surface area (Å²) in [5.41, 5.74) is 3.75. The maximum atomic E-state index is 2.79. The summed E-state index contributed by atoms with van der Waals surface area (Å²) >= 11 is 0. The summed E-state index contributed by atoms with van der Waals surface area (Å²) in [7, 11) is 0. The first-order chi connectivity index (χ1) is 10.0. The molecule has 1 saturated heterocycles. The fourth-order valence-corrected chi connectivity index (χ4v) is 5.47. The van der Waals surface area contributed by atoms with E-state index in [1.807, 2.05) is 0 Å². The molecule has 0 bridgehead atoms. The van der Waals surface area contributed by atoms with E-state index in [2.05, 4.69) is 56.9 Å². The SMILES string of the molecule is CCC1N(c2ccccc2C)C(C)(C)CC12CCCCC2. The van der Waals surface area contributed by atoms with Gasteiger partial charge in [-0.3, -0.25) is 0 Å². The molecule has 0 N–H and O–H groups in total. The molecule has 1 unspecified atom stereocenters. The Kier molecular flexibility index (Phi) is 3.80. The minimum atomic E-state index is 0.282. The van der Waals surface area contributed by atoms with Gasteiger partial charge in [-0.25, -0.2) is 0 Å². The van der Waals surface area contributed by atoms with E-state index in [4.69, 9.17) is 0 Å². The summed E-state index contributed by atoms with van der Waals surface area (Å²) in [4.78, 5) is 2.79. The van der Waals surface area contributed by atoms with Gasteiger partial charge in [0.1, 0.15) is 0 Å². The smallest absolute Gasteiger partial charge is 0.0403 e. The van der Waals surface area contributed by atoms with E-state index in [9.17, 15) is 0 Å². The highest BCUT2D eigenvalue weighted by Crippen LogP contribution is 2.56. The normalized spacial score (nSPS) is 27.2. The summed E-state index contributed by atoms with van der Waals surface area (Å²) in [5, 5.41) is 0. The molecule has 1 saturated carbocycles. The Morgan fingerprint density at radius 2 is 1.76 bits per heavy atom. The van der Waals surface area contributed by atoms with E-state index < -0.39 is 0 Å². The lowest BCUT2D eigenvalue weighted by Gasteiger charge is -2.43. The zero-order chi connectivity index (χ0) is 15.1. The van der Waals surface area contributed by atoms with Crippen molar-refractivity contribution in [2.75, 3.05) is 4.90 Å². The Hall–Kier alpha value is -0.980. The highest BCUT2D eigenvalue weighted by molar-refractivity contribution is 5.58. The maximum Gasteiger partial charge on any atom is 0.0403 e. The molecule has 2 aliphatic rings. The van der Waals surface area contributed by atoms with Crippen LogP contribution in [0.3, 0.4) is 0 Å². The highest BCUT2D eigenvalue weighted by atomic mass is 15.3. The number of para-hydroxylation sites is 1. The fourth-order valence-electron chi connectivity index (χ4n) is 5.47. The molecular weight excluding hydrogens is 254 g/mol. The van der Waals surface area contributed by atoms with Gasteiger partial charge in [0.15, 0.2) is 0 Å². The summed E-state index contributed by atoms with van der Waals surface area (Å²) in [6.07, 6.45) is 9.85. The predicted octanol–water partition coefficient (Wildman–Crippen LogP) is 5.71. The molecule has 0 aromatic heterocycles. The van der Waals surface area contributed by atoms with Gasteiger partial charge in [0, 0.05) is 17.3 Å². The lowest BCUT2D eigenvalue weighted by molar-refractivity contribution is 0.161. The second-order valence-corrected chi connectivity index (χ2v) is 7.99. The van der Waals surface area contributed by atoms with Crippen molar-refractivity contribution in [1.29, 1.82) is 0 Å². The van der Waals surface area contributed by atoms with E-state index in [0.717, 1.165) is 0 Å². The molecule has 1 aromatic rings. The third-order valence-electron chi connectivity index (χ3n) is 6.07. The molecular formula is C20H31N. The topological polar surface area (TPSA) is 3.24 Å². The van der Waals surface area contributed by atoms with Crippen molar-refractivity contribution >= 4 is 5.69 Å². The molecule has 1 aliphatic carbocycles. The second-order valence-electron chi connectivity index (χ2n) is 7.99. The van der Waals surface area contributed by atoms with Gasteiger partial charge in [-0.2, -0.15) is 0 Å². The van der Waals surface area contributed by atoms with Gasteiger partial charge in [-0.05, 0) is 63.5 Å². The third kappa shape index (κ3) is 2.39. The van der Waals surface area contributed by atoms with Gasteiger partial charge in [0.2, 0.25) is 0 Å². The molecule has 1 spiro atoms. The number of hydrogen-bond donors (Lipinski definition) is 0. The van der Waals surface area contributed by atoms with E-state index >= 15 is 0 Å². The van der Waals surface area contributed by atoms with E-state index in [0.29, 0.717) is 11.5 Å². The van der Waals surface area contributed by atoms with Crippen molar-refractivity contribution in [3.63, 3.8) is 0 Å². The molecule has 0 amide bonds. The zero-order valence-corrected chi connectivity index (χ0v) is 14.3. The molecule has 1 nitrogen and oxygen atoms in total. The lowest BCUT2D eigenvalue weighted by Crippen LogP contribution is -2.45. The van der Waals surface area contributed by atoms with Gasteiger partial charge >= 0.3 is 0 Å². The van der Waals surface area contributed by atoms with Crippen LogP contribution >= 0.6 is 0 Å². The van der Waals surface area contributed by atoms with Crippen LogP contribution in [0.2, 0.25) is 0 Å². The molecule has 1 heteroatoms. The summed E-state index contributed by atoms with van der Waals surface area (Å²) < 4.78 is 0. The van der Waals surface area contributed by atoms with Crippen LogP contribution in [0.25, 0.3) is 0 Å². The lowest BCUT2D eigenvalue weighted by atomic mass is 9.67. The Balaban J connectivity index is 2.04. The molecule has 116 valence electrons. The molecule has 1 aromatic carbocycles. The summed E-state index contributed by atoms with van der Waals surface area (Å²) in [6, 6.07) is 9.69. The van der Waals surface area contributed by atoms with Crippen molar-refractivity contribution < 1.29 is 0 Å². The molecule has 1 atom stereocenters. The zero-order valence-electron chi connectivity index (χ0n) is 14.3. The fraction of sp³-hybridized carbons (Fsp3) is 0.700. The van der Waals surface area contributed by atoms with E-state index in [-0.39, 0.29) is 5.54 Å². The number of benzene rings is 1. The highest BCUT2D eigenvalue weighted by Gasteiger charge is 2.54. The minimum absolute atomic E-state index is 0.282. The van der Waals surface area contributed by atoms with E-state index in [1.165, 1.54) is 56.2 Å². The van der Waals surface area contributed by atoms with Gasteiger partial charge < -0.3 is 4.90 Å². The monoisotopic (exact) mass is 285 g/mol. The van der Waals surface area contributed by atoms with Gasteiger partial charge in [0.05, 0.1) is 0 Å². The average molecular weight is 285 g/mol. The number of hydrogen-bond acceptors (Lipinski definition) is 1. The van der Waals surface area contributed by atoms with Crippen molar-refractivity contribution in [3.05, 3.63) is 29.8 Å². The number of rotatable bonds is 2. The van der Waals surface area contributed by atoms with E-state index in [1.54, 1.807) is 0 Å². The van der Waals surface area contributed by atoms with Crippen LogP contribution < -0.4 is 4.90 Å². The van der Waals surface area contributed by atoms with Crippen LogP contribution in [0.1, 0.15) is 71.3 Å². The predicted molar refractivity (Wildman–Crippen MR) is 92.0 cm³/mol. The quantitative estimate of drug-likeness (QED) is 0.672. The minimum Gasteiger partial charge on any atom is -0.363 e.